The summed E-state index contributed by atoms with van der Waals surface area (Å²) >= 11 is 0. The molecule has 158 valence electrons. The summed E-state index contributed by atoms with van der Waals surface area (Å²) in [4.78, 5) is 4.22. The summed E-state index contributed by atoms with van der Waals surface area (Å²) in [5, 5.41) is 6.51. The number of halogens is 1. The Kier molecular flexibility index (Phi) is 8.50. The van der Waals surface area contributed by atoms with Crippen LogP contribution in [0.25, 0.3) is 0 Å². The Balaban J connectivity index is 1.76. The minimum atomic E-state index is -3.10. The third-order valence-corrected chi connectivity index (χ3v) is 6.21. The summed E-state index contributed by atoms with van der Waals surface area (Å²) in [7, 11) is -1.40. The van der Waals surface area contributed by atoms with Crippen LogP contribution in [-0.2, 0) is 10.0 Å². The highest BCUT2D eigenvalue weighted by Gasteiger charge is 2.24. The fourth-order valence-corrected chi connectivity index (χ4v) is 3.98. The number of benzene rings is 1. The van der Waals surface area contributed by atoms with Gasteiger partial charge in [-0.05, 0) is 37.3 Å². The lowest BCUT2D eigenvalue weighted by atomic mass is 9.98. The molecular weight excluding hydrogens is 383 g/mol. The van der Waals surface area contributed by atoms with E-state index in [0.717, 1.165) is 25.8 Å². The van der Waals surface area contributed by atoms with Gasteiger partial charge in [-0.1, -0.05) is 19.1 Å². The first-order valence-electron chi connectivity index (χ1n) is 9.64. The molecule has 1 atom stereocenters. The highest BCUT2D eigenvalue weighted by atomic mass is 32.2. The molecule has 1 saturated heterocycles. The van der Waals surface area contributed by atoms with E-state index in [4.69, 9.17) is 4.74 Å². The molecule has 7 nitrogen and oxygen atoms in total. The lowest BCUT2D eigenvalue weighted by Crippen LogP contribution is -2.46. The second-order valence-electron chi connectivity index (χ2n) is 7.02. The molecule has 0 saturated carbocycles. The van der Waals surface area contributed by atoms with Gasteiger partial charge in [0.05, 0.1) is 12.8 Å². The third kappa shape index (κ3) is 6.94. The van der Waals surface area contributed by atoms with Crippen LogP contribution in [0.3, 0.4) is 0 Å². The average Bonchev–Trinajstić information content (AvgIpc) is 2.68. The zero-order valence-electron chi connectivity index (χ0n) is 16.8. The fraction of sp³-hybridized carbons (Fsp3) is 0.632. The number of aliphatic imine (C=N–C) groups is 1. The summed E-state index contributed by atoms with van der Waals surface area (Å²) < 4.78 is 44.2. The van der Waals surface area contributed by atoms with E-state index in [1.54, 1.807) is 25.2 Å². The lowest BCUT2D eigenvalue weighted by molar-refractivity contribution is 0.191. The number of piperidine rings is 1. The van der Waals surface area contributed by atoms with Gasteiger partial charge in [0.2, 0.25) is 10.0 Å². The van der Waals surface area contributed by atoms with E-state index in [0.29, 0.717) is 31.5 Å². The van der Waals surface area contributed by atoms with E-state index in [1.165, 1.54) is 16.6 Å². The van der Waals surface area contributed by atoms with Crippen molar-refractivity contribution in [3.05, 3.63) is 30.1 Å². The minimum Gasteiger partial charge on any atom is -0.486 e. The number of hydrogen-bond acceptors (Lipinski definition) is 4. The topological polar surface area (TPSA) is 83.0 Å². The third-order valence-electron chi connectivity index (χ3n) is 4.91. The van der Waals surface area contributed by atoms with Gasteiger partial charge in [0.1, 0.15) is 6.10 Å². The quantitative estimate of drug-likeness (QED) is 0.501. The Hall–Kier alpha value is -1.87. The van der Waals surface area contributed by atoms with Crippen LogP contribution in [0.2, 0.25) is 0 Å². The van der Waals surface area contributed by atoms with Gasteiger partial charge in [0.15, 0.2) is 17.5 Å². The molecule has 9 heteroatoms. The number of nitrogens with zero attached hydrogens (tertiary/aromatic N) is 2. The van der Waals surface area contributed by atoms with Gasteiger partial charge in [-0.3, -0.25) is 4.99 Å². The predicted molar refractivity (Wildman–Crippen MR) is 110 cm³/mol. The molecular formula is C19H31FN4O3S. The smallest absolute Gasteiger partial charge is 0.211 e. The van der Waals surface area contributed by atoms with Crippen molar-refractivity contribution >= 4 is 16.0 Å². The van der Waals surface area contributed by atoms with E-state index in [2.05, 4.69) is 15.6 Å². The van der Waals surface area contributed by atoms with Crippen molar-refractivity contribution in [3.8, 4) is 5.75 Å². The van der Waals surface area contributed by atoms with Crippen molar-refractivity contribution in [1.82, 2.24) is 14.9 Å². The molecule has 1 aliphatic heterocycles. The first-order chi connectivity index (χ1) is 13.3. The molecule has 28 heavy (non-hydrogen) atoms. The molecule has 0 radical (unpaired) electrons. The van der Waals surface area contributed by atoms with Crippen LogP contribution in [0.1, 0.15) is 26.2 Å². The van der Waals surface area contributed by atoms with Gasteiger partial charge in [-0.15, -0.1) is 0 Å². The summed E-state index contributed by atoms with van der Waals surface area (Å²) in [6.45, 7) is 4.33. The number of hydrogen-bond donors (Lipinski definition) is 2. The van der Waals surface area contributed by atoms with Crippen LogP contribution < -0.4 is 15.4 Å². The van der Waals surface area contributed by atoms with E-state index >= 15 is 0 Å². The fourth-order valence-electron chi connectivity index (χ4n) is 3.11. The van der Waals surface area contributed by atoms with Crippen molar-refractivity contribution in [3.63, 3.8) is 0 Å². The van der Waals surface area contributed by atoms with Crippen molar-refractivity contribution in [2.75, 3.05) is 39.5 Å². The maximum atomic E-state index is 13.8. The van der Waals surface area contributed by atoms with Crippen LogP contribution >= 0.6 is 0 Å². The molecule has 2 rings (SSSR count). The SMILES string of the molecule is CCC(CNC(=NC)NCC1CCN(S(C)(=O)=O)CC1)Oc1ccccc1F. The molecule has 0 bridgehead atoms. The average molecular weight is 415 g/mol. The minimum absolute atomic E-state index is 0.187. The molecule has 1 aliphatic rings. The summed E-state index contributed by atoms with van der Waals surface area (Å²) in [6.07, 6.45) is 3.44. The molecule has 0 amide bonds. The van der Waals surface area contributed by atoms with Crippen molar-refractivity contribution in [2.24, 2.45) is 10.9 Å². The number of sulfonamides is 1. The number of para-hydroxylation sites is 1. The molecule has 2 N–H and O–H groups in total. The molecule has 0 aromatic heterocycles. The molecule has 0 spiro atoms. The molecule has 1 heterocycles. The number of ether oxygens (including phenoxy) is 1. The molecule has 0 aliphatic carbocycles. The van der Waals surface area contributed by atoms with Gasteiger partial charge in [-0.2, -0.15) is 0 Å². The van der Waals surface area contributed by atoms with Gasteiger partial charge < -0.3 is 15.4 Å². The van der Waals surface area contributed by atoms with E-state index < -0.39 is 10.0 Å². The predicted octanol–water partition coefficient (Wildman–Crippen LogP) is 1.82. The van der Waals surface area contributed by atoms with Crippen molar-refractivity contribution in [1.29, 1.82) is 0 Å². The molecule has 1 fully saturated rings. The Morgan fingerprint density at radius 2 is 2.00 bits per heavy atom. The lowest BCUT2D eigenvalue weighted by Gasteiger charge is -2.30. The summed E-state index contributed by atoms with van der Waals surface area (Å²) in [6, 6.07) is 6.38. The van der Waals surface area contributed by atoms with Gasteiger partial charge in [0, 0.05) is 26.7 Å². The largest absolute Gasteiger partial charge is 0.486 e. The highest BCUT2D eigenvalue weighted by Crippen LogP contribution is 2.19. The second-order valence-corrected chi connectivity index (χ2v) is 9.00. The van der Waals surface area contributed by atoms with Gasteiger partial charge in [-0.25, -0.2) is 17.1 Å². The first kappa shape index (κ1) is 22.4. The Labute approximate surface area is 167 Å². The molecule has 1 aromatic carbocycles. The van der Waals surface area contributed by atoms with Crippen molar-refractivity contribution in [2.45, 2.75) is 32.3 Å². The van der Waals surface area contributed by atoms with Crippen LogP contribution in [0.5, 0.6) is 5.75 Å². The van der Waals surface area contributed by atoms with Crippen LogP contribution in [0.15, 0.2) is 29.3 Å². The standard InChI is InChI=1S/C19H31FN4O3S/c1-4-16(27-18-8-6-5-7-17(18)20)14-23-19(21-2)22-13-15-9-11-24(12-10-15)28(3,25)26/h5-8,15-16H,4,9-14H2,1-3H3,(H2,21,22,23). The van der Waals surface area contributed by atoms with Gasteiger partial charge in [0.25, 0.3) is 0 Å². The number of guanidine groups is 1. The van der Waals surface area contributed by atoms with Crippen LogP contribution in [0.4, 0.5) is 4.39 Å². The van der Waals surface area contributed by atoms with E-state index in [9.17, 15) is 12.8 Å². The zero-order valence-corrected chi connectivity index (χ0v) is 17.6. The second kappa shape index (κ2) is 10.6. The van der Waals surface area contributed by atoms with Gasteiger partial charge >= 0.3 is 0 Å². The maximum absolute atomic E-state index is 13.8. The van der Waals surface area contributed by atoms with Crippen LogP contribution in [0, 0.1) is 11.7 Å². The first-order valence-corrected chi connectivity index (χ1v) is 11.5. The maximum Gasteiger partial charge on any atom is 0.211 e. The van der Waals surface area contributed by atoms with Crippen LogP contribution in [-0.4, -0.2) is 64.3 Å². The zero-order chi connectivity index (χ0) is 20.6. The number of nitrogens with one attached hydrogen (secondary N) is 2. The van der Waals surface area contributed by atoms with E-state index in [-0.39, 0.29) is 17.7 Å². The number of rotatable bonds is 8. The summed E-state index contributed by atoms with van der Waals surface area (Å²) in [5.74, 6) is 0.926. The Morgan fingerprint density at radius 3 is 2.57 bits per heavy atom. The van der Waals surface area contributed by atoms with Crippen molar-refractivity contribution < 1.29 is 17.5 Å². The normalized spacial score (nSPS) is 17.9. The summed E-state index contributed by atoms with van der Waals surface area (Å²) in [5.41, 5.74) is 0. The Morgan fingerprint density at radius 1 is 1.32 bits per heavy atom. The van der Waals surface area contributed by atoms with E-state index in [1.807, 2.05) is 6.92 Å². The Bertz CT molecular complexity index is 749. The molecule has 1 unspecified atom stereocenters. The highest BCUT2D eigenvalue weighted by molar-refractivity contribution is 7.88. The molecule has 1 aromatic rings. The monoisotopic (exact) mass is 414 g/mol.